The van der Waals surface area contributed by atoms with Crippen molar-refractivity contribution < 1.29 is 49.3 Å². The second kappa shape index (κ2) is 9.35. The van der Waals surface area contributed by atoms with Gasteiger partial charge in [-0.15, -0.1) is 0 Å². The molecule has 0 aromatic heterocycles. The van der Waals surface area contributed by atoms with Crippen LogP contribution in [-0.4, -0.2) is 107 Å². The van der Waals surface area contributed by atoms with Crippen molar-refractivity contribution in [2.45, 2.75) is 68.7 Å². The summed E-state index contributed by atoms with van der Waals surface area (Å²) in [5.74, 6) is -0.373. The molecule has 0 aromatic rings. The summed E-state index contributed by atoms with van der Waals surface area (Å²) in [6, 6.07) is 0. The Morgan fingerprint density at radius 1 is 1.15 bits per heavy atom. The van der Waals surface area contributed by atoms with Crippen LogP contribution in [0, 0.1) is 0 Å². The molecule has 0 saturated carbocycles. The summed E-state index contributed by atoms with van der Waals surface area (Å²) < 4.78 is 21.6. The lowest BCUT2D eigenvalue weighted by Crippen LogP contribution is -2.61. The Bertz CT molecular complexity index is 466. The number of hydrogen-bond donors (Lipinski definition) is 6. The molecular formula is C15H27NO10. The molecule has 9 atom stereocenters. The van der Waals surface area contributed by atoms with E-state index in [1.54, 1.807) is 0 Å². The van der Waals surface area contributed by atoms with Gasteiger partial charge >= 0.3 is 0 Å². The molecule has 26 heavy (non-hydrogen) atoms. The van der Waals surface area contributed by atoms with Gasteiger partial charge in [0, 0.05) is 13.5 Å². The molecule has 0 spiro atoms. The van der Waals surface area contributed by atoms with E-state index in [0.717, 1.165) is 0 Å². The monoisotopic (exact) mass is 381 g/mol. The van der Waals surface area contributed by atoms with Crippen molar-refractivity contribution >= 4 is 5.91 Å². The molecule has 1 amide bonds. The summed E-state index contributed by atoms with van der Waals surface area (Å²) in [5.41, 5.74) is 0. The number of amides is 1. The average Bonchev–Trinajstić information content (AvgIpc) is 2.63. The van der Waals surface area contributed by atoms with Crippen LogP contribution in [-0.2, 0) is 23.7 Å². The first-order valence-corrected chi connectivity index (χ1v) is 8.40. The zero-order valence-electron chi connectivity index (χ0n) is 14.6. The highest BCUT2D eigenvalue weighted by Gasteiger charge is 2.47. The van der Waals surface area contributed by atoms with Crippen LogP contribution in [0.2, 0.25) is 0 Å². The molecule has 152 valence electrons. The minimum absolute atomic E-state index is 0.0400. The van der Waals surface area contributed by atoms with E-state index in [1.165, 1.54) is 14.0 Å². The second-order valence-corrected chi connectivity index (χ2v) is 6.36. The van der Waals surface area contributed by atoms with Gasteiger partial charge < -0.3 is 49.8 Å². The normalized spacial score (nSPS) is 43.9. The summed E-state index contributed by atoms with van der Waals surface area (Å²) in [5, 5.41) is 51.8. The first-order valence-electron chi connectivity index (χ1n) is 8.40. The molecule has 11 heteroatoms. The summed E-state index contributed by atoms with van der Waals surface area (Å²) in [4.78, 5) is 11.2. The van der Waals surface area contributed by atoms with Gasteiger partial charge in [-0.05, 0) is 6.92 Å². The number of ether oxygens (including phenoxy) is 4. The van der Waals surface area contributed by atoms with Crippen LogP contribution in [0.4, 0.5) is 0 Å². The largest absolute Gasteiger partial charge is 0.394 e. The molecule has 2 rings (SSSR count). The molecule has 2 saturated heterocycles. The van der Waals surface area contributed by atoms with E-state index in [0.29, 0.717) is 0 Å². The van der Waals surface area contributed by atoms with Gasteiger partial charge in [0.2, 0.25) is 5.91 Å². The van der Waals surface area contributed by atoms with Crippen molar-refractivity contribution in [1.29, 1.82) is 0 Å². The maximum atomic E-state index is 11.2. The van der Waals surface area contributed by atoms with Gasteiger partial charge in [-0.25, -0.2) is 0 Å². The maximum absolute atomic E-state index is 11.2. The van der Waals surface area contributed by atoms with E-state index in [-0.39, 0.29) is 18.9 Å². The van der Waals surface area contributed by atoms with Crippen molar-refractivity contribution in [3.63, 3.8) is 0 Å². The lowest BCUT2D eigenvalue weighted by atomic mass is 9.98. The Morgan fingerprint density at radius 2 is 1.85 bits per heavy atom. The number of hydrogen-bond acceptors (Lipinski definition) is 10. The zero-order valence-corrected chi connectivity index (χ0v) is 14.6. The molecule has 2 heterocycles. The van der Waals surface area contributed by atoms with Gasteiger partial charge in [0.15, 0.2) is 12.6 Å². The fourth-order valence-corrected chi connectivity index (χ4v) is 2.86. The molecule has 2 aliphatic rings. The van der Waals surface area contributed by atoms with E-state index in [2.05, 4.69) is 5.32 Å². The van der Waals surface area contributed by atoms with Gasteiger partial charge in [-0.3, -0.25) is 4.79 Å². The second-order valence-electron chi connectivity index (χ2n) is 6.36. The first-order chi connectivity index (χ1) is 12.3. The minimum Gasteiger partial charge on any atom is -0.394 e. The lowest BCUT2D eigenvalue weighted by molar-refractivity contribution is -0.340. The third-order valence-electron chi connectivity index (χ3n) is 4.46. The van der Waals surface area contributed by atoms with Gasteiger partial charge in [0.1, 0.15) is 37.1 Å². The molecule has 2 aliphatic heterocycles. The standard InChI is InChI=1S/C15H27NO10/c1-6-11(20)12(21)13(22)15(24-6)26-14-7(18)3-10(25-8(14)4-17)23-5-9(19)16-2/h6-8,10-15,17-18,20-22H,3-5H2,1-2H3,(H,16,19)/t6-,7-,8-,10-,11+,12+,13-,14+,15+/m1/s1. The predicted molar refractivity (Wildman–Crippen MR) is 83.6 cm³/mol. The molecule has 6 N–H and O–H groups in total. The highest BCUT2D eigenvalue weighted by Crippen LogP contribution is 2.29. The van der Waals surface area contributed by atoms with Crippen LogP contribution in [0.15, 0.2) is 0 Å². The van der Waals surface area contributed by atoms with Gasteiger partial charge in [0.05, 0.1) is 18.8 Å². The fraction of sp³-hybridized carbons (Fsp3) is 0.933. The Balaban J connectivity index is 1.97. The topological polar surface area (TPSA) is 167 Å². The van der Waals surface area contributed by atoms with Crippen LogP contribution in [0.5, 0.6) is 0 Å². The molecule has 0 radical (unpaired) electrons. The summed E-state index contributed by atoms with van der Waals surface area (Å²) in [6.45, 7) is 0.699. The van der Waals surface area contributed by atoms with Gasteiger partial charge in [0.25, 0.3) is 0 Å². The van der Waals surface area contributed by atoms with Crippen LogP contribution in [0.1, 0.15) is 13.3 Å². The molecule has 0 aromatic carbocycles. The number of aliphatic hydroxyl groups excluding tert-OH is 5. The molecule has 2 fully saturated rings. The quantitative estimate of drug-likeness (QED) is 0.271. The highest BCUT2D eigenvalue weighted by atomic mass is 16.7. The van der Waals surface area contributed by atoms with Crippen molar-refractivity contribution in [3.8, 4) is 0 Å². The number of likely N-dealkylation sites (N-methyl/N-ethyl adjacent to an activating group) is 1. The third kappa shape index (κ3) is 4.88. The fourth-order valence-electron chi connectivity index (χ4n) is 2.86. The smallest absolute Gasteiger partial charge is 0.245 e. The van der Waals surface area contributed by atoms with E-state index in [9.17, 15) is 30.3 Å². The third-order valence-corrected chi connectivity index (χ3v) is 4.46. The van der Waals surface area contributed by atoms with E-state index >= 15 is 0 Å². The van der Waals surface area contributed by atoms with Crippen LogP contribution in [0.3, 0.4) is 0 Å². The maximum Gasteiger partial charge on any atom is 0.245 e. The molecule has 0 aliphatic carbocycles. The number of carbonyl (C=O) groups excluding carboxylic acids is 1. The van der Waals surface area contributed by atoms with Crippen molar-refractivity contribution in [1.82, 2.24) is 5.32 Å². The van der Waals surface area contributed by atoms with E-state index in [4.69, 9.17) is 18.9 Å². The molecular weight excluding hydrogens is 354 g/mol. The molecule has 0 bridgehead atoms. The van der Waals surface area contributed by atoms with Crippen molar-refractivity contribution in [2.75, 3.05) is 20.3 Å². The SMILES string of the molecule is CNC(=O)CO[C@H]1C[C@@H](O)[C@H](O[C@@H]2O[C@H](C)[C@H](O)[C@H](O)[C@H]2O)[C@@H](CO)O1. The van der Waals surface area contributed by atoms with E-state index in [1.807, 2.05) is 0 Å². The Morgan fingerprint density at radius 3 is 2.46 bits per heavy atom. The summed E-state index contributed by atoms with van der Waals surface area (Å²) in [6.07, 6.45) is -10.7. The minimum atomic E-state index is -1.55. The Labute approximate surface area is 150 Å². The lowest BCUT2D eigenvalue weighted by Gasteiger charge is -2.44. The number of aliphatic hydroxyl groups is 5. The van der Waals surface area contributed by atoms with Crippen LogP contribution in [0.25, 0.3) is 0 Å². The predicted octanol–water partition coefficient (Wildman–Crippen LogP) is -3.57. The average molecular weight is 381 g/mol. The van der Waals surface area contributed by atoms with Crippen molar-refractivity contribution in [3.05, 3.63) is 0 Å². The van der Waals surface area contributed by atoms with E-state index < -0.39 is 61.9 Å². The van der Waals surface area contributed by atoms with Crippen LogP contribution >= 0.6 is 0 Å². The number of carbonyl (C=O) groups is 1. The highest BCUT2D eigenvalue weighted by molar-refractivity contribution is 5.76. The zero-order chi connectivity index (χ0) is 19.4. The van der Waals surface area contributed by atoms with Crippen molar-refractivity contribution in [2.24, 2.45) is 0 Å². The number of nitrogens with one attached hydrogen (secondary N) is 1. The molecule has 0 unspecified atom stereocenters. The van der Waals surface area contributed by atoms with Crippen LogP contribution < -0.4 is 5.32 Å². The first kappa shape index (κ1) is 21.4. The Hall–Kier alpha value is -0.890. The molecule has 11 nitrogen and oxygen atoms in total. The van der Waals surface area contributed by atoms with Gasteiger partial charge in [-0.2, -0.15) is 0 Å². The number of rotatable bonds is 6. The summed E-state index contributed by atoms with van der Waals surface area (Å²) >= 11 is 0. The van der Waals surface area contributed by atoms with Gasteiger partial charge in [-0.1, -0.05) is 0 Å². The Kier molecular flexibility index (Phi) is 7.70. The summed E-state index contributed by atoms with van der Waals surface area (Å²) in [7, 11) is 1.45.